The fourth-order valence-electron chi connectivity index (χ4n) is 3.30. The van der Waals surface area contributed by atoms with Gasteiger partial charge in [0.2, 0.25) is 5.91 Å². The zero-order valence-corrected chi connectivity index (χ0v) is 17.3. The number of nitrogens with zero attached hydrogens (tertiary/aromatic N) is 1. The molecule has 1 heterocycles. The summed E-state index contributed by atoms with van der Waals surface area (Å²) in [7, 11) is 0. The van der Waals surface area contributed by atoms with Gasteiger partial charge in [-0.3, -0.25) is 9.59 Å². The Kier molecular flexibility index (Phi) is 12.2. The highest BCUT2D eigenvalue weighted by Gasteiger charge is 2.24. The summed E-state index contributed by atoms with van der Waals surface area (Å²) in [5.74, 6) is 0.441. The van der Waals surface area contributed by atoms with Crippen molar-refractivity contribution in [3.8, 4) is 0 Å². The van der Waals surface area contributed by atoms with Crippen molar-refractivity contribution in [2.45, 2.75) is 71.6 Å². The lowest BCUT2D eigenvalue weighted by atomic mass is 10.1. The maximum Gasteiger partial charge on any atom is 0.253 e. The normalized spacial score (nSPS) is 17.5. The minimum absolute atomic E-state index is 0.00153. The molecule has 2 amide bonds. The number of hydrogen-bond donors (Lipinski definition) is 1. The number of unbranched alkanes of at least 4 members (excludes halogenated alkanes) is 7. The highest BCUT2D eigenvalue weighted by atomic mass is 16.2. The summed E-state index contributed by atoms with van der Waals surface area (Å²) in [6.45, 7) is 10.4. The third kappa shape index (κ3) is 10.2. The third-order valence-electron chi connectivity index (χ3n) is 5.03. The van der Waals surface area contributed by atoms with Crippen LogP contribution in [-0.4, -0.2) is 36.3 Å². The number of carbonyl (C=O) groups excluding carboxylic acids is 2. The molecule has 0 spiro atoms. The van der Waals surface area contributed by atoms with Crippen LogP contribution < -0.4 is 5.32 Å². The number of allylic oxidation sites excluding steroid dienone is 2. The average molecular weight is 375 g/mol. The van der Waals surface area contributed by atoms with Gasteiger partial charge in [0, 0.05) is 31.3 Å². The van der Waals surface area contributed by atoms with Gasteiger partial charge >= 0.3 is 0 Å². The van der Waals surface area contributed by atoms with Crippen LogP contribution in [0.15, 0.2) is 36.5 Å². The van der Waals surface area contributed by atoms with E-state index in [0.717, 1.165) is 25.9 Å². The second kappa shape index (κ2) is 14.2. The van der Waals surface area contributed by atoms with E-state index in [9.17, 15) is 9.59 Å². The predicted octanol–water partition coefficient (Wildman–Crippen LogP) is 4.78. The van der Waals surface area contributed by atoms with Gasteiger partial charge in [-0.15, -0.1) is 0 Å². The first-order valence-electron chi connectivity index (χ1n) is 10.7. The van der Waals surface area contributed by atoms with Crippen LogP contribution in [-0.2, 0) is 9.59 Å². The molecule has 0 aliphatic carbocycles. The van der Waals surface area contributed by atoms with Gasteiger partial charge in [0.05, 0.1) is 0 Å². The fourth-order valence-corrected chi connectivity index (χ4v) is 3.30. The molecule has 1 rings (SSSR count). The topological polar surface area (TPSA) is 49.4 Å². The largest absolute Gasteiger partial charge is 0.353 e. The average Bonchev–Trinajstić information content (AvgIpc) is 3.10. The smallest absolute Gasteiger partial charge is 0.253 e. The van der Waals surface area contributed by atoms with E-state index >= 15 is 0 Å². The third-order valence-corrected chi connectivity index (χ3v) is 5.03. The number of amides is 2. The Balaban J connectivity index is 2.20. The van der Waals surface area contributed by atoms with Crippen molar-refractivity contribution in [1.82, 2.24) is 10.2 Å². The van der Waals surface area contributed by atoms with E-state index in [-0.39, 0.29) is 11.8 Å². The zero-order chi connectivity index (χ0) is 19.9. The first kappa shape index (κ1) is 23.2. The molecule has 0 aromatic heterocycles. The summed E-state index contributed by atoms with van der Waals surface area (Å²) in [6, 6.07) is 0. The highest BCUT2D eigenvalue weighted by Crippen LogP contribution is 2.17. The van der Waals surface area contributed by atoms with Crippen LogP contribution in [0, 0.1) is 5.92 Å². The molecule has 0 saturated carbocycles. The second-order valence-corrected chi connectivity index (χ2v) is 7.60. The Hall–Kier alpha value is -1.84. The first-order valence-corrected chi connectivity index (χ1v) is 10.7. The number of likely N-dealkylation sites (tertiary alicyclic amines) is 1. The predicted molar refractivity (Wildman–Crippen MR) is 113 cm³/mol. The molecular formula is C23H38N2O2. The van der Waals surface area contributed by atoms with Crippen molar-refractivity contribution in [1.29, 1.82) is 0 Å². The van der Waals surface area contributed by atoms with Gasteiger partial charge < -0.3 is 10.2 Å². The SMILES string of the molecule is C=C/C(=C\C=C\C(=O)NCCCCCCCCCC)C(=O)N1CCC(C)C1. The van der Waals surface area contributed by atoms with Crippen molar-refractivity contribution in [2.24, 2.45) is 5.92 Å². The van der Waals surface area contributed by atoms with Gasteiger partial charge in [0.1, 0.15) is 0 Å². The van der Waals surface area contributed by atoms with Gasteiger partial charge in [-0.1, -0.05) is 77.5 Å². The lowest BCUT2D eigenvalue weighted by Gasteiger charge is -2.16. The molecule has 1 aliphatic rings. The monoisotopic (exact) mass is 374 g/mol. The van der Waals surface area contributed by atoms with Gasteiger partial charge in [-0.2, -0.15) is 0 Å². The molecule has 0 radical (unpaired) electrons. The zero-order valence-electron chi connectivity index (χ0n) is 17.3. The molecular weight excluding hydrogens is 336 g/mol. The standard InChI is InChI=1S/C23H38N2O2/c1-4-6-7-8-9-10-11-12-17-24-22(26)15-13-14-21(5-2)23(27)25-18-16-20(3)19-25/h5,13-15,20H,2,4,6-12,16-19H2,1,3H3,(H,24,26)/b15-13+,21-14+. The number of carbonyl (C=O) groups is 2. The Morgan fingerprint density at radius 1 is 1.11 bits per heavy atom. The molecule has 1 fully saturated rings. The molecule has 1 atom stereocenters. The van der Waals surface area contributed by atoms with Crippen molar-refractivity contribution in [2.75, 3.05) is 19.6 Å². The maximum atomic E-state index is 12.4. The van der Waals surface area contributed by atoms with Crippen LogP contribution in [0.4, 0.5) is 0 Å². The van der Waals surface area contributed by atoms with E-state index < -0.39 is 0 Å². The van der Waals surface area contributed by atoms with Gasteiger partial charge in [0.25, 0.3) is 5.91 Å². The summed E-state index contributed by atoms with van der Waals surface area (Å²) < 4.78 is 0. The first-order chi connectivity index (χ1) is 13.1. The Bertz CT molecular complexity index is 522. The number of nitrogens with one attached hydrogen (secondary N) is 1. The van der Waals surface area contributed by atoms with Crippen LogP contribution >= 0.6 is 0 Å². The Morgan fingerprint density at radius 2 is 1.78 bits per heavy atom. The van der Waals surface area contributed by atoms with E-state index in [1.54, 1.807) is 18.2 Å². The summed E-state index contributed by atoms with van der Waals surface area (Å²) in [5, 5.41) is 2.90. The highest BCUT2D eigenvalue weighted by molar-refractivity contribution is 5.97. The maximum absolute atomic E-state index is 12.4. The molecule has 0 aromatic carbocycles. The number of hydrogen-bond acceptors (Lipinski definition) is 2. The van der Waals surface area contributed by atoms with E-state index in [0.29, 0.717) is 18.0 Å². The van der Waals surface area contributed by atoms with Crippen molar-refractivity contribution >= 4 is 11.8 Å². The van der Waals surface area contributed by atoms with Crippen LogP contribution in [0.3, 0.4) is 0 Å². The summed E-state index contributed by atoms with van der Waals surface area (Å²) in [5.41, 5.74) is 0.538. The number of rotatable bonds is 13. The van der Waals surface area contributed by atoms with E-state index in [1.807, 2.05) is 4.90 Å². The Labute approximate surface area is 165 Å². The molecule has 1 N–H and O–H groups in total. The molecule has 152 valence electrons. The minimum Gasteiger partial charge on any atom is -0.353 e. The van der Waals surface area contributed by atoms with Crippen LogP contribution in [0.2, 0.25) is 0 Å². The van der Waals surface area contributed by atoms with Crippen LogP contribution in [0.5, 0.6) is 0 Å². The van der Waals surface area contributed by atoms with Gasteiger partial charge in [-0.05, 0) is 24.8 Å². The van der Waals surface area contributed by atoms with Crippen LogP contribution in [0.1, 0.15) is 71.6 Å². The summed E-state index contributed by atoms with van der Waals surface area (Å²) in [6.07, 6.45) is 17.4. The molecule has 1 saturated heterocycles. The lowest BCUT2D eigenvalue weighted by Crippen LogP contribution is -2.29. The van der Waals surface area contributed by atoms with E-state index in [2.05, 4.69) is 25.7 Å². The molecule has 1 aliphatic heterocycles. The van der Waals surface area contributed by atoms with E-state index in [4.69, 9.17) is 0 Å². The minimum atomic E-state index is -0.111. The molecule has 27 heavy (non-hydrogen) atoms. The van der Waals surface area contributed by atoms with E-state index in [1.165, 1.54) is 51.0 Å². The van der Waals surface area contributed by atoms with Gasteiger partial charge in [-0.25, -0.2) is 0 Å². The van der Waals surface area contributed by atoms with Crippen molar-refractivity contribution in [3.05, 3.63) is 36.5 Å². The molecule has 1 unspecified atom stereocenters. The summed E-state index contributed by atoms with van der Waals surface area (Å²) in [4.78, 5) is 26.1. The Morgan fingerprint density at radius 3 is 2.37 bits per heavy atom. The lowest BCUT2D eigenvalue weighted by molar-refractivity contribution is -0.125. The molecule has 4 nitrogen and oxygen atoms in total. The molecule has 0 bridgehead atoms. The fraction of sp³-hybridized carbons (Fsp3) is 0.652. The van der Waals surface area contributed by atoms with Crippen molar-refractivity contribution < 1.29 is 9.59 Å². The second-order valence-electron chi connectivity index (χ2n) is 7.60. The quantitative estimate of drug-likeness (QED) is 0.286. The molecule has 0 aromatic rings. The van der Waals surface area contributed by atoms with Crippen LogP contribution in [0.25, 0.3) is 0 Å². The summed E-state index contributed by atoms with van der Waals surface area (Å²) >= 11 is 0. The molecule has 4 heteroatoms. The van der Waals surface area contributed by atoms with Gasteiger partial charge in [0.15, 0.2) is 0 Å². The van der Waals surface area contributed by atoms with Crippen molar-refractivity contribution in [3.63, 3.8) is 0 Å².